The van der Waals surface area contributed by atoms with Crippen LogP contribution >= 0.6 is 26.3 Å². The molecular weight excluding hydrogens is 424 g/mol. The van der Waals surface area contributed by atoms with Gasteiger partial charge in [0.15, 0.2) is 0 Å². The van der Waals surface area contributed by atoms with Crippen molar-refractivity contribution in [3.05, 3.63) is 82.9 Å². The standard InChI is InChI=1S/2C9H7.2BrH.Ti/c2*1-2-5-9-7-3-6-8(9)4-1;;;/h2*1-7H;2*1H;/q;;;;+2/p-2. The van der Waals surface area contributed by atoms with Crippen LogP contribution in [0.4, 0.5) is 0 Å². The van der Waals surface area contributed by atoms with Crippen molar-refractivity contribution in [2.24, 2.45) is 0 Å². The summed E-state index contributed by atoms with van der Waals surface area (Å²) in [4.78, 5) is 0. The van der Waals surface area contributed by atoms with Crippen LogP contribution < -0.4 is 0 Å². The number of fused-ring (bicyclic) bond motifs is 2. The maximum absolute atomic E-state index is 4.18. The molecule has 0 saturated carbocycles. The van der Waals surface area contributed by atoms with Crippen LogP contribution in [0.1, 0.15) is 30.7 Å². The second-order valence-corrected chi connectivity index (χ2v) is 24.9. The summed E-state index contributed by atoms with van der Waals surface area (Å²) in [6.45, 7) is 0. The summed E-state index contributed by atoms with van der Waals surface area (Å²) >= 11 is 5.88. The SMILES string of the molecule is [Br][Ti]([Br])([CH]1C=Cc2ccccc21)[CH]1C=Cc2ccccc21. The zero-order valence-corrected chi connectivity index (χ0v) is 16.1. The van der Waals surface area contributed by atoms with Crippen molar-refractivity contribution in [2.45, 2.75) is 8.45 Å². The Morgan fingerprint density at radius 1 is 0.667 bits per heavy atom. The molecule has 2 aromatic rings. The zero-order valence-electron chi connectivity index (χ0n) is 11.3. The fourth-order valence-electron chi connectivity index (χ4n) is 3.36. The van der Waals surface area contributed by atoms with Gasteiger partial charge in [-0.15, -0.1) is 0 Å². The molecule has 104 valence electrons. The molecule has 2 unspecified atom stereocenters. The third kappa shape index (κ3) is 2.28. The van der Waals surface area contributed by atoms with Crippen LogP contribution in [0.2, 0.25) is 0 Å². The first-order valence-corrected chi connectivity index (χ1v) is 16.6. The van der Waals surface area contributed by atoms with E-state index < -0.39 is 12.4 Å². The van der Waals surface area contributed by atoms with Crippen molar-refractivity contribution in [1.29, 1.82) is 0 Å². The maximum atomic E-state index is 4.18. The van der Waals surface area contributed by atoms with Gasteiger partial charge in [0.25, 0.3) is 0 Å². The van der Waals surface area contributed by atoms with Gasteiger partial charge in [-0.1, -0.05) is 0 Å². The van der Waals surface area contributed by atoms with Gasteiger partial charge in [-0.25, -0.2) is 0 Å². The first-order chi connectivity index (χ1) is 10.2. The second kappa shape index (κ2) is 5.35. The third-order valence-corrected chi connectivity index (χ3v) is 16.7. The Bertz CT molecular complexity index is 698. The van der Waals surface area contributed by atoms with Crippen molar-refractivity contribution in [1.82, 2.24) is 0 Å². The van der Waals surface area contributed by atoms with Crippen LogP contribution in [0.25, 0.3) is 12.2 Å². The topological polar surface area (TPSA) is 0 Å². The molecule has 0 nitrogen and oxygen atoms in total. The Hall–Kier alpha value is -0.406. The molecule has 0 saturated heterocycles. The Balaban J connectivity index is 1.76. The van der Waals surface area contributed by atoms with Gasteiger partial charge in [-0.3, -0.25) is 0 Å². The number of hydrogen-bond acceptors (Lipinski definition) is 0. The fourth-order valence-corrected chi connectivity index (χ4v) is 13.8. The normalized spacial score (nSPS) is 22.4. The summed E-state index contributed by atoms with van der Waals surface area (Å²) in [6, 6.07) is 17.5. The quantitative estimate of drug-likeness (QED) is 0.484. The third-order valence-electron chi connectivity index (χ3n) is 4.43. The van der Waals surface area contributed by atoms with E-state index in [4.69, 9.17) is 0 Å². The Morgan fingerprint density at radius 3 is 1.57 bits per heavy atom. The van der Waals surface area contributed by atoms with Gasteiger partial charge in [0, 0.05) is 0 Å². The molecule has 0 spiro atoms. The van der Waals surface area contributed by atoms with Gasteiger partial charge in [-0.05, 0) is 0 Å². The average Bonchev–Trinajstić information content (AvgIpc) is 3.12. The Labute approximate surface area is 141 Å². The Morgan fingerprint density at radius 2 is 1.10 bits per heavy atom. The number of rotatable bonds is 2. The Kier molecular flexibility index (Phi) is 3.62. The van der Waals surface area contributed by atoms with E-state index in [-0.39, 0.29) is 0 Å². The second-order valence-electron chi connectivity index (χ2n) is 5.61. The summed E-state index contributed by atoms with van der Waals surface area (Å²) in [6.07, 6.45) is 9.30. The molecule has 3 heteroatoms. The summed E-state index contributed by atoms with van der Waals surface area (Å²) in [5.41, 5.74) is 5.66. The fraction of sp³-hybridized carbons (Fsp3) is 0.111. The monoisotopic (exact) mass is 436 g/mol. The number of benzene rings is 2. The molecule has 2 aliphatic carbocycles. The van der Waals surface area contributed by atoms with Crippen LogP contribution in [0.3, 0.4) is 0 Å². The van der Waals surface area contributed by atoms with Gasteiger partial charge in [-0.2, -0.15) is 0 Å². The van der Waals surface area contributed by atoms with Crippen LogP contribution in [0.5, 0.6) is 0 Å². The summed E-state index contributed by atoms with van der Waals surface area (Å²) in [5, 5.41) is 0. The van der Waals surface area contributed by atoms with Gasteiger partial charge in [0.2, 0.25) is 0 Å². The minimum atomic E-state index is -2.48. The molecule has 0 amide bonds. The predicted molar refractivity (Wildman–Crippen MR) is 94.3 cm³/mol. The van der Waals surface area contributed by atoms with Gasteiger partial charge < -0.3 is 0 Å². The van der Waals surface area contributed by atoms with E-state index in [0.717, 1.165) is 0 Å². The predicted octanol–water partition coefficient (Wildman–Crippen LogP) is 6.30. The molecule has 4 rings (SSSR count). The first-order valence-electron chi connectivity index (χ1n) is 7.10. The number of allylic oxidation sites excluding steroid dienone is 2. The van der Waals surface area contributed by atoms with Gasteiger partial charge in [0.05, 0.1) is 0 Å². The minimum absolute atomic E-state index is 0.502. The van der Waals surface area contributed by atoms with Crippen LogP contribution in [0.15, 0.2) is 60.7 Å². The van der Waals surface area contributed by atoms with E-state index in [9.17, 15) is 0 Å². The van der Waals surface area contributed by atoms with E-state index >= 15 is 0 Å². The van der Waals surface area contributed by atoms with Crippen molar-refractivity contribution in [3.8, 4) is 0 Å². The molecule has 0 aromatic heterocycles. The summed E-state index contributed by atoms with van der Waals surface area (Å²) in [5.74, 6) is 0. The molecule has 0 radical (unpaired) electrons. The molecular formula is C18H14Br2Ti. The molecule has 21 heavy (non-hydrogen) atoms. The van der Waals surface area contributed by atoms with Crippen molar-refractivity contribution in [2.75, 3.05) is 0 Å². The van der Waals surface area contributed by atoms with Crippen LogP contribution in [-0.4, -0.2) is 0 Å². The molecule has 2 atom stereocenters. The van der Waals surface area contributed by atoms with E-state index in [2.05, 4.69) is 99.2 Å². The van der Waals surface area contributed by atoms with Crippen molar-refractivity contribution in [3.63, 3.8) is 0 Å². The number of hydrogen-bond donors (Lipinski definition) is 0. The first kappa shape index (κ1) is 14.2. The van der Waals surface area contributed by atoms with E-state index in [0.29, 0.717) is 8.45 Å². The van der Waals surface area contributed by atoms with E-state index in [1.807, 2.05) is 0 Å². The van der Waals surface area contributed by atoms with Crippen molar-refractivity contribution < 1.29 is 12.4 Å². The molecule has 0 aliphatic heterocycles. The molecule has 0 N–H and O–H groups in total. The summed E-state index contributed by atoms with van der Waals surface area (Å²) in [7, 11) is 0. The molecule has 2 aromatic carbocycles. The molecule has 2 aliphatic rings. The average molecular weight is 438 g/mol. The number of halogens is 2. The van der Waals surface area contributed by atoms with Crippen LogP contribution in [-0.2, 0) is 12.4 Å². The van der Waals surface area contributed by atoms with Crippen molar-refractivity contribution >= 4 is 38.5 Å². The molecule has 0 fully saturated rings. The summed E-state index contributed by atoms with van der Waals surface area (Å²) < 4.78 is 1.00. The van der Waals surface area contributed by atoms with Crippen LogP contribution in [0, 0.1) is 0 Å². The molecule has 0 bridgehead atoms. The van der Waals surface area contributed by atoms with E-state index in [1.165, 1.54) is 22.3 Å². The van der Waals surface area contributed by atoms with Gasteiger partial charge in [0.1, 0.15) is 0 Å². The molecule has 0 heterocycles. The zero-order chi connectivity index (χ0) is 14.4. The van der Waals surface area contributed by atoms with E-state index in [1.54, 1.807) is 0 Å². The van der Waals surface area contributed by atoms with Gasteiger partial charge >= 0.3 is 142 Å².